The minimum atomic E-state index is 0.835. The molecule has 0 unspecified atom stereocenters. The first-order chi connectivity index (χ1) is 10.3. The van der Waals surface area contributed by atoms with Gasteiger partial charge in [0.05, 0.1) is 23.6 Å². The number of nitrogens with two attached hydrogens (primary N) is 1. The monoisotopic (exact) mass is 313 g/mol. The Kier molecular flexibility index (Phi) is 3.16. The summed E-state index contributed by atoms with van der Waals surface area (Å²) < 4.78 is 0. The second-order valence-corrected chi connectivity index (χ2v) is 6.82. The molecule has 1 aromatic carbocycles. The van der Waals surface area contributed by atoms with Gasteiger partial charge in [0, 0.05) is 22.9 Å². The van der Waals surface area contributed by atoms with E-state index in [2.05, 4.69) is 33.2 Å². The van der Waals surface area contributed by atoms with Crippen LogP contribution in [0.25, 0.3) is 10.6 Å². The summed E-state index contributed by atoms with van der Waals surface area (Å²) in [5.74, 6) is 0. The molecule has 4 rings (SSSR count). The number of anilines is 2. The predicted octanol–water partition coefficient (Wildman–Crippen LogP) is 4.02. The fraction of sp³-hybridized carbons (Fsp3) is 0.188. The number of hydrogen-bond donors (Lipinski definition) is 1. The van der Waals surface area contributed by atoms with Gasteiger partial charge in [-0.25, -0.2) is 4.98 Å². The zero-order valence-electron chi connectivity index (χ0n) is 11.5. The van der Waals surface area contributed by atoms with Gasteiger partial charge in [-0.3, -0.25) is 0 Å². The molecule has 106 valence electrons. The Morgan fingerprint density at radius 1 is 1.24 bits per heavy atom. The minimum absolute atomic E-state index is 0.835. The van der Waals surface area contributed by atoms with Crippen molar-refractivity contribution in [2.24, 2.45) is 0 Å². The molecular formula is C16H15N3S2. The molecule has 1 aliphatic rings. The van der Waals surface area contributed by atoms with Gasteiger partial charge in [-0.2, -0.15) is 11.3 Å². The van der Waals surface area contributed by atoms with E-state index < -0.39 is 0 Å². The molecular weight excluding hydrogens is 298 g/mol. The standard InChI is InChI=1S/C16H15N3S2/c17-14-3-1-2-11-4-6-19(15(11)14)8-13-10-21-16(18-13)12-5-7-20-9-12/h1-3,5,7,9-10H,4,6,8,17H2. The van der Waals surface area contributed by atoms with Crippen LogP contribution >= 0.6 is 22.7 Å². The van der Waals surface area contributed by atoms with E-state index in [0.29, 0.717) is 0 Å². The molecule has 0 saturated heterocycles. The normalized spacial score (nSPS) is 13.6. The van der Waals surface area contributed by atoms with Crippen molar-refractivity contribution in [2.75, 3.05) is 17.2 Å². The Hall–Kier alpha value is -1.85. The number of benzene rings is 1. The molecule has 2 N–H and O–H groups in total. The van der Waals surface area contributed by atoms with Crippen LogP contribution < -0.4 is 10.6 Å². The molecule has 0 saturated carbocycles. The highest BCUT2D eigenvalue weighted by molar-refractivity contribution is 7.14. The van der Waals surface area contributed by atoms with E-state index in [4.69, 9.17) is 10.7 Å². The summed E-state index contributed by atoms with van der Waals surface area (Å²) in [5.41, 5.74) is 11.9. The third-order valence-electron chi connectivity index (χ3n) is 3.79. The van der Waals surface area contributed by atoms with E-state index in [1.807, 2.05) is 12.1 Å². The lowest BCUT2D eigenvalue weighted by molar-refractivity contribution is 0.821. The Morgan fingerprint density at radius 3 is 3.05 bits per heavy atom. The molecule has 5 heteroatoms. The number of hydrogen-bond acceptors (Lipinski definition) is 5. The fourth-order valence-electron chi connectivity index (χ4n) is 2.82. The van der Waals surface area contributed by atoms with Crippen LogP contribution in [0.15, 0.2) is 40.4 Å². The lowest BCUT2D eigenvalue weighted by atomic mass is 10.1. The van der Waals surface area contributed by atoms with Gasteiger partial charge < -0.3 is 10.6 Å². The van der Waals surface area contributed by atoms with Gasteiger partial charge in [0.1, 0.15) is 5.01 Å². The van der Waals surface area contributed by atoms with E-state index >= 15 is 0 Å². The van der Waals surface area contributed by atoms with Gasteiger partial charge in [-0.15, -0.1) is 11.3 Å². The number of fused-ring (bicyclic) bond motifs is 1. The molecule has 0 spiro atoms. The third kappa shape index (κ3) is 2.32. The quantitative estimate of drug-likeness (QED) is 0.743. The Morgan fingerprint density at radius 2 is 2.19 bits per heavy atom. The van der Waals surface area contributed by atoms with Crippen LogP contribution in [0.4, 0.5) is 11.4 Å². The van der Waals surface area contributed by atoms with Crippen LogP contribution in [-0.2, 0) is 13.0 Å². The second-order valence-electron chi connectivity index (χ2n) is 5.18. The highest BCUT2D eigenvalue weighted by atomic mass is 32.1. The van der Waals surface area contributed by atoms with Crippen molar-refractivity contribution in [3.05, 3.63) is 51.7 Å². The van der Waals surface area contributed by atoms with Crippen molar-refractivity contribution in [1.82, 2.24) is 4.98 Å². The number of para-hydroxylation sites is 1. The number of rotatable bonds is 3. The van der Waals surface area contributed by atoms with Crippen LogP contribution in [0.3, 0.4) is 0 Å². The highest BCUT2D eigenvalue weighted by Crippen LogP contribution is 2.35. The van der Waals surface area contributed by atoms with E-state index in [1.165, 1.54) is 16.8 Å². The summed E-state index contributed by atoms with van der Waals surface area (Å²) in [6.07, 6.45) is 1.07. The van der Waals surface area contributed by atoms with Crippen molar-refractivity contribution in [1.29, 1.82) is 0 Å². The fourth-order valence-corrected chi connectivity index (χ4v) is 4.34. The van der Waals surface area contributed by atoms with E-state index in [0.717, 1.165) is 35.9 Å². The number of thiophene rings is 1. The molecule has 1 aliphatic heterocycles. The van der Waals surface area contributed by atoms with Gasteiger partial charge >= 0.3 is 0 Å². The van der Waals surface area contributed by atoms with Crippen LogP contribution in [0.2, 0.25) is 0 Å². The molecule has 0 radical (unpaired) electrons. The van der Waals surface area contributed by atoms with Gasteiger partial charge in [-0.1, -0.05) is 12.1 Å². The largest absolute Gasteiger partial charge is 0.397 e. The zero-order chi connectivity index (χ0) is 14.2. The van der Waals surface area contributed by atoms with Crippen LogP contribution in [0, 0.1) is 0 Å². The summed E-state index contributed by atoms with van der Waals surface area (Å²) in [5, 5.41) is 7.50. The third-order valence-corrected chi connectivity index (χ3v) is 5.41. The molecule has 0 amide bonds. The van der Waals surface area contributed by atoms with E-state index in [1.54, 1.807) is 22.7 Å². The first-order valence-electron chi connectivity index (χ1n) is 6.90. The lowest BCUT2D eigenvalue weighted by Crippen LogP contribution is -2.20. The van der Waals surface area contributed by atoms with Crippen molar-refractivity contribution >= 4 is 34.0 Å². The molecule has 21 heavy (non-hydrogen) atoms. The highest BCUT2D eigenvalue weighted by Gasteiger charge is 2.22. The maximum atomic E-state index is 6.14. The van der Waals surface area contributed by atoms with Crippen molar-refractivity contribution in [3.63, 3.8) is 0 Å². The average molecular weight is 313 g/mol. The Bertz CT molecular complexity index is 762. The zero-order valence-corrected chi connectivity index (χ0v) is 13.1. The molecule has 3 nitrogen and oxygen atoms in total. The Labute approximate surface area is 131 Å². The van der Waals surface area contributed by atoms with Crippen molar-refractivity contribution in [2.45, 2.75) is 13.0 Å². The molecule has 0 fully saturated rings. The SMILES string of the molecule is Nc1cccc2c1N(Cc1csc(-c3ccsc3)n1)CC2. The van der Waals surface area contributed by atoms with Crippen molar-refractivity contribution in [3.8, 4) is 10.6 Å². The molecule has 0 atom stereocenters. The minimum Gasteiger partial charge on any atom is -0.397 e. The number of aromatic nitrogens is 1. The van der Waals surface area contributed by atoms with Gasteiger partial charge in [-0.05, 0) is 29.5 Å². The first kappa shape index (κ1) is 12.9. The van der Waals surface area contributed by atoms with Crippen LogP contribution in [0.1, 0.15) is 11.3 Å². The summed E-state index contributed by atoms with van der Waals surface area (Å²) in [7, 11) is 0. The van der Waals surface area contributed by atoms with Gasteiger partial charge in [0.2, 0.25) is 0 Å². The predicted molar refractivity (Wildman–Crippen MR) is 91.0 cm³/mol. The summed E-state index contributed by atoms with van der Waals surface area (Å²) in [4.78, 5) is 7.11. The molecule has 3 aromatic rings. The first-order valence-corrected chi connectivity index (χ1v) is 8.73. The number of nitrogen functional groups attached to an aromatic ring is 1. The maximum Gasteiger partial charge on any atom is 0.124 e. The van der Waals surface area contributed by atoms with Gasteiger partial charge in [0.25, 0.3) is 0 Å². The van der Waals surface area contributed by atoms with Gasteiger partial charge in [0.15, 0.2) is 0 Å². The van der Waals surface area contributed by atoms with Crippen LogP contribution in [-0.4, -0.2) is 11.5 Å². The number of nitrogens with zero attached hydrogens (tertiary/aromatic N) is 2. The molecule has 0 aliphatic carbocycles. The molecule has 3 heterocycles. The Balaban J connectivity index is 1.59. The summed E-state index contributed by atoms with van der Waals surface area (Å²) in [6, 6.07) is 8.31. The van der Waals surface area contributed by atoms with Crippen molar-refractivity contribution < 1.29 is 0 Å². The summed E-state index contributed by atoms with van der Waals surface area (Å²) >= 11 is 3.42. The number of thiazole rings is 1. The molecule has 2 aromatic heterocycles. The van der Waals surface area contributed by atoms with Crippen LogP contribution in [0.5, 0.6) is 0 Å². The maximum absolute atomic E-state index is 6.14. The topological polar surface area (TPSA) is 42.1 Å². The smallest absolute Gasteiger partial charge is 0.124 e. The average Bonchev–Trinajstić information content (AvgIpc) is 3.19. The summed E-state index contributed by atoms with van der Waals surface area (Å²) in [6.45, 7) is 1.86. The lowest BCUT2D eigenvalue weighted by Gasteiger charge is -2.19. The second kappa shape index (κ2) is 5.16. The van der Waals surface area contributed by atoms with E-state index in [9.17, 15) is 0 Å². The molecule has 0 bridgehead atoms. The van der Waals surface area contributed by atoms with E-state index in [-0.39, 0.29) is 0 Å².